The summed E-state index contributed by atoms with van der Waals surface area (Å²) in [4.78, 5) is 13.4. The first kappa shape index (κ1) is 10.0. The molecule has 0 aromatic heterocycles. The Morgan fingerprint density at radius 1 is 1.33 bits per heavy atom. The van der Waals surface area contributed by atoms with Crippen LogP contribution >= 0.6 is 0 Å². The lowest BCUT2D eigenvalue weighted by Crippen LogP contribution is -2.50. The highest BCUT2D eigenvalue weighted by atomic mass is 16.5. The van der Waals surface area contributed by atoms with Gasteiger partial charge in [0.25, 0.3) is 0 Å². The molecule has 0 N–H and O–H groups in total. The third kappa shape index (κ3) is 1.96. The van der Waals surface area contributed by atoms with E-state index in [9.17, 15) is 4.79 Å². The molecule has 1 saturated heterocycles. The van der Waals surface area contributed by atoms with Crippen molar-refractivity contribution in [3.63, 3.8) is 0 Å². The van der Waals surface area contributed by atoms with Gasteiger partial charge in [0.1, 0.15) is 0 Å². The standard InChI is InChI=1S/C12H15NO2/c1-9-3-5-11(6-4-9)13-7-10(8-13)12(14)15-2/h3-6,10H,7-8H2,1-2H3. The minimum absolute atomic E-state index is 0.0521. The molecule has 15 heavy (non-hydrogen) atoms. The van der Waals surface area contributed by atoms with Gasteiger partial charge in [-0.15, -0.1) is 0 Å². The van der Waals surface area contributed by atoms with Crippen molar-refractivity contribution >= 4 is 11.7 Å². The summed E-state index contributed by atoms with van der Waals surface area (Å²) in [5, 5.41) is 0. The molecule has 3 heteroatoms. The number of rotatable bonds is 2. The van der Waals surface area contributed by atoms with Crippen molar-refractivity contribution in [1.29, 1.82) is 0 Å². The number of nitrogens with zero attached hydrogens (tertiary/aromatic N) is 1. The van der Waals surface area contributed by atoms with Crippen LogP contribution in [0.15, 0.2) is 24.3 Å². The summed E-state index contributed by atoms with van der Waals surface area (Å²) in [7, 11) is 1.44. The number of benzene rings is 1. The molecular weight excluding hydrogens is 190 g/mol. The molecule has 1 aliphatic heterocycles. The summed E-state index contributed by atoms with van der Waals surface area (Å²) in [5.74, 6) is -0.0466. The van der Waals surface area contributed by atoms with E-state index in [0.29, 0.717) is 0 Å². The number of esters is 1. The molecular formula is C12H15NO2. The van der Waals surface area contributed by atoms with Crippen LogP contribution in [0.25, 0.3) is 0 Å². The summed E-state index contributed by atoms with van der Waals surface area (Å²) in [6.45, 7) is 3.61. The Morgan fingerprint density at radius 2 is 1.93 bits per heavy atom. The Bertz CT molecular complexity index is 352. The van der Waals surface area contributed by atoms with Gasteiger partial charge < -0.3 is 9.64 Å². The predicted octanol–water partition coefficient (Wildman–Crippen LogP) is 1.60. The maximum absolute atomic E-state index is 11.2. The summed E-state index contributed by atoms with van der Waals surface area (Å²) >= 11 is 0. The van der Waals surface area contributed by atoms with Crippen LogP contribution in [0.2, 0.25) is 0 Å². The van der Waals surface area contributed by atoms with Gasteiger partial charge in [0.2, 0.25) is 0 Å². The van der Waals surface area contributed by atoms with Crippen molar-refractivity contribution in [3.8, 4) is 0 Å². The van der Waals surface area contributed by atoms with E-state index >= 15 is 0 Å². The SMILES string of the molecule is COC(=O)C1CN(c2ccc(C)cc2)C1. The maximum Gasteiger partial charge on any atom is 0.312 e. The summed E-state index contributed by atoms with van der Waals surface area (Å²) < 4.78 is 4.69. The number of carbonyl (C=O) groups is 1. The lowest BCUT2D eigenvalue weighted by molar-refractivity contribution is -0.146. The van der Waals surface area contributed by atoms with Gasteiger partial charge in [-0.1, -0.05) is 17.7 Å². The highest BCUT2D eigenvalue weighted by Crippen LogP contribution is 2.25. The van der Waals surface area contributed by atoms with Crippen LogP contribution in [-0.2, 0) is 9.53 Å². The summed E-state index contributed by atoms with van der Waals surface area (Å²) in [5.41, 5.74) is 2.43. The zero-order valence-corrected chi connectivity index (χ0v) is 9.06. The second kappa shape index (κ2) is 3.93. The minimum atomic E-state index is -0.0987. The largest absolute Gasteiger partial charge is 0.469 e. The molecule has 0 aliphatic carbocycles. The van der Waals surface area contributed by atoms with Crippen molar-refractivity contribution in [2.24, 2.45) is 5.92 Å². The van der Waals surface area contributed by atoms with Gasteiger partial charge >= 0.3 is 5.97 Å². The molecule has 1 aromatic rings. The Kier molecular flexibility index (Phi) is 2.62. The first-order valence-electron chi connectivity index (χ1n) is 5.10. The predicted molar refractivity (Wildman–Crippen MR) is 58.9 cm³/mol. The van der Waals surface area contributed by atoms with Gasteiger partial charge in [0.15, 0.2) is 0 Å². The number of methoxy groups -OCH3 is 1. The van der Waals surface area contributed by atoms with Crippen molar-refractivity contribution < 1.29 is 9.53 Å². The molecule has 0 amide bonds. The van der Waals surface area contributed by atoms with Gasteiger partial charge in [-0.3, -0.25) is 4.79 Å². The Hall–Kier alpha value is -1.51. The van der Waals surface area contributed by atoms with Crippen LogP contribution in [-0.4, -0.2) is 26.2 Å². The van der Waals surface area contributed by atoms with E-state index < -0.39 is 0 Å². The van der Waals surface area contributed by atoms with Crippen molar-refractivity contribution in [2.75, 3.05) is 25.1 Å². The van der Waals surface area contributed by atoms with Crippen molar-refractivity contribution in [3.05, 3.63) is 29.8 Å². The van der Waals surface area contributed by atoms with Crippen LogP contribution in [0, 0.1) is 12.8 Å². The molecule has 0 spiro atoms. The topological polar surface area (TPSA) is 29.5 Å². The number of carbonyl (C=O) groups excluding carboxylic acids is 1. The van der Waals surface area contributed by atoms with Gasteiger partial charge in [0, 0.05) is 18.8 Å². The fourth-order valence-corrected chi connectivity index (χ4v) is 1.76. The Balaban J connectivity index is 1.94. The number of ether oxygens (including phenoxy) is 1. The molecule has 80 valence electrons. The fourth-order valence-electron chi connectivity index (χ4n) is 1.76. The second-order valence-corrected chi connectivity index (χ2v) is 3.96. The average Bonchev–Trinajstić information content (AvgIpc) is 2.18. The highest BCUT2D eigenvalue weighted by Gasteiger charge is 2.33. The Labute approximate surface area is 89.7 Å². The van der Waals surface area contributed by atoms with Crippen LogP contribution in [0.3, 0.4) is 0 Å². The van der Waals surface area contributed by atoms with Gasteiger partial charge in [-0.05, 0) is 19.1 Å². The van der Waals surface area contributed by atoms with Crippen molar-refractivity contribution in [1.82, 2.24) is 0 Å². The maximum atomic E-state index is 11.2. The molecule has 1 aromatic carbocycles. The lowest BCUT2D eigenvalue weighted by atomic mass is 9.99. The smallest absolute Gasteiger partial charge is 0.312 e. The molecule has 0 unspecified atom stereocenters. The molecule has 0 atom stereocenters. The molecule has 0 radical (unpaired) electrons. The molecule has 1 heterocycles. The van der Waals surface area contributed by atoms with E-state index in [0.717, 1.165) is 13.1 Å². The van der Waals surface area contributed by atoms with Crippen LogP contribution in [0.1, 0.15) is 5.56 Å². The van der Waals surface area contributed by atoms with E-state index in [1.165, 1.54) is 18.4 Å². The first-order chi connectivity index (χ1) is 7.20. The fraction of sp³-hybridized carbons (Fsp3) is 0.417. The summed E-state index contributed by atoms with van der Waals surface area (Å²) in [6.07, 6.45) is 0. The zero-order chi connectivity index (χ0) is 10.8. The van der Waals surface area contributed by atoms with Crippen LogP contribution < -0.4 is 4.90 Å². The van der Waals surface area contributed by atoms with E-state index in [1.54, 1.807) is 0 Å². The number of aryl methyl sites for hydroxylation is 1. The minimum Gasteiger partial charge on any atom is -0.469 e. The summed E-state index contributed by atoms with van der Waals surface area (Å²) in [6, 6.07) is 8.34. The normalized spacial score (nSPS) is 16.0. The first-order valence-corrected chi connectivity index (χ1v) is 5.10. The second-order valence-electron chi connectivity index (χ2n) is 3.96. The number of hydrogen-bond donors (Lipinski definition) is 0. The molecule has 1 aliphatic rings. The van der Waals surface area contributed by atoms with Crippen LogP contribution in [0.5, 0.6) is 0 Å². The average molecular weight is 205 g/mol. The third-order valence-electron chi connectivity index (χ3n) is 2.82. The molecule has 1 fully saturated rings. The van der Waals surface area contributed by atoms with E-state index in [-0.39, 0.29) is 11.9 Å². The Morgan fingerprint density at radius 3 is 2.47 bits per heavy atom. The van der Waals surface area contributed by atoms with Crippen molar-refractivity contribution in [2.45, 2.75) is 6.92 Å². The zero-order valence-electron chi connectivity index (χ0n) is 9.06. The van der Waals surface area contributed by atoms with Gasteiger partial charge in [0.05, 0.1) is 13.0 Å². The van der Waals surface area contributed by atoms with Gasteiger partial charge in [-0.25, -0.2) is 0 Å². The molecule has 2 rings (SSSR count). The quantitative estimate of drug-likeness (QED) is 0.687. The van der Waals surface area contributed by atoms with E-state index in [4.69, 9.17) is 4.74 Å². The molecule has 0 saturated carbocycles. The molecule has 3 nitrogen and oxygen atoms in total. The number of anilines is 1. The molecule has 0 bridgehead atoms. The number of hydrogen-bond acceptors (Lipinski definition) is 3. The third-order valence-corrected chi connectivity index (χ3v) is 2.82. The van der Waals surface area contributed by atoms with E-state index in [2.05, 4.69) is 36.1 Å². The highest BCUT2D eigenvalue weighted by molar-refractivity contribution is 5.76. The van der Waals surface area contributed by atoms with Gasteiger partial charge in [-0.2, -0.15) is 0 Å². The lowest BCUT2D eigenvalue weighted by Gasteiger charge is -2.39. The van der Waals surface area contributed by atoms with E-state index in [1.807, 2.05) is 0 Å². The van der Waals surface area contributed by atoms with Crippen LogP contribution in [0.4, 0.5) is 5.69 Å². The monoisotopic (exact) mass is 205 g/mol.